The van der Waals surface area contributed by atoms with E-state index in [-0.39, 0.29) is 6.04 Å². The highest BCUT2D eigenvalue weighted by atomic mass is 15.2. The first kappa shape index (κ1) is 7.21. The zero-order valence-electron chi connectivity index (χ0n) is 6.26. The monoisotopic (exact) mass is 140 g/mol. The summed E-state index contributed by atoms with van der Waals surface area (Å²) in [6, 6.07) is -0.0483. The Morgan fingerprint density at radius 3 is 2.70 bits per heavy atom. The molecule has 0 unspecified atom stereocenters. The molecule has 10 heavy (non-hydrogen) atoms. The molecule has 0 aromatic carbocycles. The molecule has 0 saturated heterocycles. The zero-order chi connectivity index (χ0) is 7.56. The van der Waals surface area contributed by atoms with E-state index >= 15 is 0 Å². The van der Waals surface area contributed by atoms with Crippen LogP contribution in [-0.4, -0.2) is 15.2 Å². The maximum Gasteiger partial charge on any atom is 0.150 e. The quantitative estimate of drug-likeness (QED) is 0.624. The number of nitrogens with one attached hydrogen (secondary N) is 1. The second-order valence-electron chi connectivity index (χ2n) is 2.28. The van der Waals surface area contributed by atoms with Gasteiger partial charge in [0.25, 0.3) is 0 Å². The smallest absolute Gasteiger partial charge is 0.150 e. The number of aryl methyl sites for hydroxylation is 1. The fraction of sp³-hybridized carbons (Fsp3) is 0.667. The molecule has 1 aromatic rings. The van der Waals surface area contributed by atoms with Gasteiger partial charge in [0.1, 0.15) is 11.6 Å². The predicted molar refractivity (Wildman–Crippen MR) is 38.4 cm³/mol. The summed E-state index contributed by atoms with van der Waals surface area (Å²) in [5.74, 6) is 1.59. The van der Waals surface area contributed by atoms with Gasteiger partial charge in [-0.05, 0) is 6.92 Å². The average molecular weight is 140 g/mol. The third-order valence-corrected chi connectivity index (χ3v) is 1.30. The second-order valence-corrected chi connectivity index (χ2v) is 2.28. The van der Waals surface area contributed by atoms with Crippen molar-refractivity contribution < 1.29 is 0 Å². The molecule has 0 bridgehead atoms. The van der Waals surface area contributed by atoms with Crippen LogP contribution < -0.4 is 5.73 Å². The number of aromatic amines is 1. The second kappa shape index (κ2) is 2.79. The van der Waals surface area contributed by atoms with Gasteiger partial charge in [0.2, 0.25) is 0 Å². The molecular weight excluding hydrogens is 128 g/mol. The van der Waals surface area contributed by atoms with Crippen molar-refractivity contribution >= 4 is 0 Å². The number of H-pyrrole nitrogens is 1. The molecule has 0 aliphatic heterocycles. The summed E-state index contributed by atoms with van der Waals surface area (Å²) in [7, 11) is 0. The van der Waals surface area contributed by atoms with E-state index in [4.69, 9.17) is 5.73 Å². The number of rotatable bonds is 2. The summed E-state index contributed by atoms with van der Waals surface area (Å²) in [4.78, 5) is 4.14. The fourth-order valence-corrected chi connectivity index (χ4v) is 0.673. The summed E-state index contributed by atoms with van der Waals surface area (Å²) in [6.45, 7) is 3.88. The SMILES string of the molecule is CCc1n[nH]c([C@H](C)N)n1. The van der Waals surface area contributed by atoms with Crippen molar-refractivity contribution in [1.82, 2.24) is 15.2 Å². The molecule has 0 fully saturated rings. The standard InChI is InChI=1S/C6H12N4/c1-3-5-8-6(4(2)7)10-9-5/h4H,3,7H2,1-2H3,(H,8,9,10)/t4-/m0/s1. The molecular formula is C6H12N4. The lowest BCUT2D eigenvalue weighted by Gasteiger charge is -1.95. The Labute approximate surface area is 59.8 Å². The minimum Gasteiger partial charge on any atom is -0.322 e. The molecule has 4 heteroatoms. The topological polar surface area (TPSA) is 67.6 Å². The molecule has 0 aliphatic rings. The van der Waals surface area contributed by atoms with Gasteiger partial charge >= 0.3 is 0 Å². The van der Waals surface area contributed by atoms with Crippen molar-refractivity contribution in [2.24, 2.45) is 5.73 Å². The van der Waals surface area contributed by atoms with Crippen molar-refractivity contribution in [3.63, 3.8) is 0 Å². The summed E-state index contributed by atoms with van der Waals surface area (Å²) in [5, 5.41) is 6.71. The molecule has 1 aromatic heterocycles. The summed E-state index contributed by atoms with van der Waals surface area (Å²) < 4.78 is 0. The Morgan fingerprint density at radius 2 is 2.40 bits per heavy atom. The lowest BCUT2D eigenvalue weighted by molar-refractivity contribution is 0.744. The highest BCUT2D eigenvalue weighted by Crippen LogP contribution is 2.01. The summed E-state index contributed by atoms with van der Waals surface area (Å²) in [6.07, 6.45) is 0.850. The van der Waals surface area contributed by atoms with Crippen LogP contribution in [0.2, 0.25) is 0 Å². The highest BCUT2D eigenvalue weighted by molar-refractivity contribution is 4.93. The van der Waals surface area contributed by atoms with Crippen molar-refractivity contribution in [2.75, 3.05) is 0 Å². The number of hydrogen-bond donors (Lipinski definition) is 2. The molecule has 0 amide bonds. The summed E-state index contributed by atoms with van der Waals surface area (Å²) in [5.41, 5.74) is 5.55. The van der Waals surface area contributed by atoms with Crippen LogP contribution in [0.4, 0.5) is 0 Å². The van der Waals surface area contributed by atoms with E-state index in [1.165, 1.54) is 0 Å². The van der Waals surface area contributed by atoms with Gasteiger partial charge in [-0.2, -0.15) is 5.10 Å². The predicted octanol–water partition coefficient (Wildman–Crippen LogP) is 0.387. The molecule has 3 N–H and O–H groups in total. The van der Waals surface area contributed by atoms with Gasteiger partial charge in [-0.15, -0.1) is 0 Å². The first-order valence-corrected chi connectivity index (χ1v) is 3.40. The average Bonchev–Trinajstić information content (AvgIpc) is 2.34. The van der Waals surface area contributed by atoms with Crippen LogP contribution in [0.1, 0.15) is 31.5 Å². The molecule has 1 rings (SSSR count). The van der Waals surface area contributed by atoms with E-state index in [1.54, 1.807) is 0 Å². The van der Waals surface area contributed by atoms with Gasteiger partial charge < -0.3 is 5.73 Å². The Morgan fingerprint density at radius 1 is 1.70 bits per heavy atom. The van der Waals surface area contributed by atoms with Crippen LogP contribution in [0, 0.1) is 0 Å². The van der Waals surface area contributed by atoms with Gasteiger partial charge in [-0.3, -0.25) is 5.10 Å². The van der Waals surface area contributed by atoms with E-state index < -0.39 is 0 Å². The molecule has 4 nitrogen and oxygen atoms in total. The van der Waals surface area contributed by atoms with E-state index in [0.29, 0.717) is 0 Å². The van der Waals surface area contributed by atoms with Crippen LogP contribution in [-0.2, 0) is 6.42 Å². The van der Waals surface area contributed by atoms with Gasteiger partial charge in [-0.25, -0.2) is 4.98 Å². The fourth-order valence-electron chi connectivity index (χ4n) is 0.673. The first-order valence-electron chi connectivity index (χ1n) is 3.40. The van der Waals surface area contributed by atoms with Crippen molar-refractivity contribution in [3.8, 4) is 0 Å². The van der Waals surface area contributed by atoms with E-state index in [0.717, 1.165) is 18.1 Å². The van der Waals surface area contributed by atoms with E-state index in [1.807, 2.05) is 13.8 Å². The maximum atomic E-state index is 5.55. The normalized spacial score (nSPS) is 13.5. The van der Waals surface area contributed by atoms with E-state index in [9.17, 15) is 0 Å². The molecule has 1 heterocycles. The Hall–Kier alpha value is -0.900. The van der Waals surface area contributed by atoms with Crippen LogP contribution in [0.3, 0.4) is 0 Å². The van der Waals surface area contributed by atoms with Gasteiger partial charge in [0.05, 0.1) is 6.04 Å². The minimum atomic E-state index is -0.0483. The van der Waals surface area contributed by atoms with Crippen LogP contribution in [0.5, 0.6) is 0 Å². The number of nitrogens with two attached hydrogens (primary N) is 1. The molecule has 0 aliphatic carbocycles. The maximum absolute atomic E-state index is 5.55. The molecule has 0 saturated carbocycles. The van der Waals surface area contributed by atoms with Crippen molar-refractivity contribution in [3.05, 3.63) is 11.6 Å². The first-order chi connectivity index (χ1) is 4.74. The number of hydrogen-bond acceptors (Lipinski definition) is 3. The molecule has 0 radical (unpaired) electrons. The lowest BCUT2D eigenvalue weighted by atomic mass is 10.3. The third kappa shape index (κ3) is 1.33. The third-order valence-electron chi connectivity index (χ3n) is 1.30. The highest BCUT2D eigenvalue weighted by Gasteiger charge is 2.03. The van der Waals surface area contributed by atoms with Crippen LogP contribution in [0.15, 0.2) is 0 Å². The van der Waals surface area contributed by atoms with Crippen molar-refractivity contribution in [2.45, 2.75) is 26.3 Å². The van der Waals surface area contributed by atoms with Crippen LogP contribution >= 0.6 is 0 Å². The number of aromatic nitrogens is 3. The largest absolute Gasteiger partial charge is 0.322 e. The van der Waals surface area contributed by atoms with E-state index in [2.05, 4.69) is 15.2 Å². The summed E-state index contributed by atoms with van der Waals surface area (Å²) >= 11 is 0. The Bertz CT molecular complexity index is 203. The lowest BCUT2D eigenvalue weighted by Crippen LogP contribution is -2.06. The minimum absolute atomic E-state index is 0.0483. The Kier molecular flexibility index (Phi) is 2.01. The van der Waals surface area contributed by atoms with Gasteiger partial charge in [0, 0.05) is 6.42 Å². The molecule has 56 valence electrons. The van der Waals surface area contributed by atoms with Crippen LogP contribution in [0.25, 0.3) is 0 Å². The molecule has 0 spiro atoms. The van der Waals surface area contributed by atoms with Gasteiger partial charge in [0.15, 0.2) is 0 Å². The Balaban J connectivity index is 2.78. The molecule has 1 atom stereocenters. The van der Waals surface area contributed by atoms with Gasteiger partial charge in [-0.1, -0.05) is 6.92 Å². The zero-order valence-corrected chi connectivity index (χ0v) is 6.26. The number of nitrogens with zero attached hydrogens (tertiary/aromatic N) is 2. The van der Waals surface area contributed by atoms with Crippen molar-refractivity contribution in [1.29, 1.82) is 0 Å².